The number of nitrogens with zero attached hydrogens (tertiary/aromatic N) is 1. The Morgan fingerprint density at radius 1 is 1.26 bits per heavy atom. The average molecular weight is 385 g/mol. The number of rotatable bonds is 5. The molecule has 1 aliphatic heterocycles. The van der Waals surface area contributed by atoms with Crippen LogP contribution in [0.4, 0.5) is 5.69 Å². The van der Waals surface area contributed by atoms with E-state index >= 15 is 0 Å². The van der Waals surface area contributed by atoms with Crippen LogP contribution in [-0.4, -0.2) is 24.4 Å². The van der Waals surface area contributed by atoms with Gasteiger partial charge in [-0.15, -0.1) is 0 Å². The SMILES string of the molecule is CCC(C)NC(=O)CN1C(=O)/C(=C\c2cccc(Cl)c2)Oc2ccccc21. The minimum absolute atomic E-state index is 0.0466. The van der Waals surface area contributed by atoms with E-state index in [4.69, 9.17) is 16.3 Å². The number of carbonyl (C=O) groups excluding carboxylic acids is 2. The van der Waals surface area contributed by atoms with Crippen LogP contribution in [0.1, 0.15) is 25.8 Å². The van der Waals surface area contributed by atoms with Crippen LogP contribution in [0.15, 0.2) is 54.3 Å². The van der Waals surface area contributed by atoms with E-state index in [9.17, 15) is 9.59 Å². The number of anilines is 1. The lowest BCUT2D eigenvalue weighted by Gasteiger charge is -2.30. The van der Waals surface area contributed by atoms with Crippen molar-refractivity contribution in [2.75, 3.05) is 11.4 Å². The second-order valence-electron chi connectivity index (χ2n) is 6.40. The first-order valence-electron chi connectivity index (χ1n) is 8.83. The van der Waals surface area contributed by atoms with Gasteiger partial charge in [-0.2, -0.15) is 0 Å². The first-order valence-corrected chi connectivity index (χ1v) is 9.21. The number of hydrogen-bond donors (Lipinski definition) is 1. The van der Waals surface area contributed by atoms with Crippen molar-refractivity contribution in [2.24, 2.45) is 0 Å². The summed E-state index contributed by atoms with van der Waals surface area (Å²) in [5.74, 6) is 0.0958. The van der Waals surface area contributed by atoms with Crippen molar-refractivity contribution in [3.05, 3.63) is 64.9 Å². The molecule has 1 aliphatic rings. The summed E-state index contributed by atoms with van der Waals surface area (Å²) in [5.41, 5.74) is 1.32. The number of halogens is 1. The Balaban J connectivity index is 1.92. The Hall–Kier alpha value is -2.79. The molecule has 2 amide bonds. The van der Waals surface area contributed by atoms with Gasteiger partial charge in [0.15, 0.2) is 11.5 Å². The van der Waals surface area contributed by atoms with E-state index < -0.39 is 0 Å². The fourth-order valence-electron chi connectivity index (χ4n) is 2.73. The van der Waals surface area contributed by atoms with Crippen LogP contribution >= 0.6 is 11.6 Å². The number of carbonyl (C=O) groups is 2. The number of hydrogen-bond acceptors (Lipinski definition) is 3. The highest BCUT2D eigenvalue weighted by molar-refractivity contribution is 6.30. The lowest BCUT2D eigenvalue weighted by molar-refractivity contribution is -0.123. The molecule has 1 atom stereocenters. The minimum atomic E-state index is -0.368. The first kappa shape index (κ1) is 19.0. The summed E-state index contributed by atoms with van der Waals surface area (Å²) in [7, 11) is 0. The van der Waals surface area contributed by atoms with Gasteiger partial charge in [-0.25, -0.2) is 0 Å². The van der Waals surface area contributed by atoms with Crippen LogP contribution in [0.5, 0.6) is 5.75 Å². The molecule has 2 aromatic rings. The quantitative estimate of drug-likeness (QED) is 0.792. The number of benzene rings is 2. The molecule has 1 N–H and O–H groups in total. The van der Waals surface area contributed by atoms with Gasteiger partial charge >= 0.3 is 0 Å². The standard InChI is InChI=1S/C21H21ClN2O3/c1-3-14(2)23-20(25)13-24-17-9-4-5-10-18(17)27-19(21(24)26)12-15-7-6-8-16(22)11-15/h4-12,14H,3,13H2,1-2H3,(H,23,25)/b19-12+. The van der Waals surface area contributed by atoms with Gasteiger partial charge in [-0.1, -0.05) is 42.8 Å². The Kier molecular flexibility index (Phi) is 5.81. The molecule has 6 heteroatoms. The minimum Gasteiger partial charge on any atom is -0.449 e. The van der Waals surface area contributed by atoms with Crippen molar-refractivity contribution in [3.8, 4) is 5.75 Å². The third kappa shape index (κ3) is 4.49. The van der Waals surface area contributed by atoms with Crippen LogP contribution in [0, 0.1) is 0 Å². The topological polar surface area (TPSA) is 58.6 Å². The fraction of sp³-hybridized carbons (Fsp3) is 0.238. The van der Waals surface area contributed by atoms with Crippen LogP contribution in [0.25, 0.3) is 6.08 Å². The summed E-state index contributed by atoms with van der Waals surface area (Å²) < 4.78 is 5.80. The molecule has 2 aromatic carbocycles. The Morgan fingerprint density at radius 3 is 2.78 bits per heavy atom. The second-order valence-corrected chi connectivity index (χ2v) is 6.84. The fourth-order valence-corrected chi connectivity index (χ4v) is 2.93. The average Bonchev–Trinajstić information content (AvgIpc) is 2.65. The maximum absolute atomic E-state index is 13.0. The van der Waals surface area contributed by atoms with E-state index in [-0.39, 0.29) is 30.2 Å². The molecular weight excluding hydrogens is 364 g/mol. The maximum atomic E-state index is 13.0. The van der Waals surface area contributed by atoms with Crippen molar-refractivity contribution in [3.63, 3.8) is 0 Å². The van der Waals surface area contributed by atoms with E-state index in [1.165, 1.54) is 4.90 Å². The molecular formula is C21H21ClN2O3. The molecule has 0 aromatic heterocycles. The zero-order chi connectivity index (χ0) is 19.4. The van der Waals surface area contributed by atoms with Crippen LogP contribution in [0.2, 0.25) is 5.02 Å². The molecule has 3 rings (SSSR count). The molecule has 1 heterocycles. The zero-order valence-electron chi connectivity index (χ0n) is 15.2. The third-order valence-corrected chi connectivity index (χ3v) is 4.53. The molecule has 140 valence electrons. The molecule has 0 radical (unpaired) electrons. The van der Waals surface area contributed by atoms with Gasteiger partial charge in [0.25, 0.3) is 5.91 Å². The van der Waals surface area contributed by atoms with E-state index in [1.807, 2.05) is 26.0 Å². The molecule has 0 fully saturated rings. The van der Waals surface area contributed by atoms with Gasteiger partial charge in [0.05, 0.1) is 5.69 Å². The first-order chi connectivity index (χ1) is 13.0. The molecule has 27 heavy (non-hydrogen) atoms. The normalized spacial score (nSPS) is 15.9. The van der Waals surface area contributed by atoms with Crippen molar-refractivity contribution in [1.29, 1.82) is 0 Å². The van der Waals surface area contributed by atoms with Crippen molar-refractivity contribution >= 4 is 35.2 Å². The highest BCUT2D eigenvalue weighted by atomic mass is 35.5. The molecule has 0 saturated carbocycles. The van der Waals surface area contributed by atoms with E-state index in [2.05, 4.69) is 5.32 Å². The van der Waals surface area contributed by atoms with Gasteiger partial charge < -0.3 is 10.1 Å². The van der Waals surface area contributed by atoms with Crippen LogP contribution in [-0.2, 0) is 9.59 Å². The molecule has 0 saturated heterocycles. The maximum Gasteiger partial charge on any atom is 0.294 e. The summed E-state index contributed by atoms with van der Waals surface area (Å²) in [6.45, 7) is 3.85. The Morgan fingerprint density at radius 2 is 2.04 bits per heavy atom. The third-order valence-electron chi connectivity index (χ3n) is 4.30. The highest BCUT2D eigenvalue weighted by Crippen LogP contribution is 2.35. The van der Waals surface area contributed by atoms with Crippen LogP contribution < -0.4 is 15.0 Å². The van der Waals surface area contributed by atoms with Crippen molar-refractivity contribution in [2.45, 2.75) is 26.3 Å². The Bertz CT molecular complexity index is 895. The van der Waals surface area contributed by atoms with Crippen LogP contribution in [0.3, 0.4) is 0 Å². The largest absolute Gasteiger partial charge is 0.449 e. The molecule has 1 unspecified atom stereocenters. The number of amides is 2. The second kappa shape index (κ2) is 8.27. The molecule has 5 nitrogen and oxygen atoms in total. The zero-order valence-corrected chi connectivity index (χ0v) is 16.0. The number of nitrogens with one attached hydrogen (secondary N) is 1. The predicted molar refractivity (Wildman–Crippen MR) is 107 cm³/mol. The van der Waals surface area contributed by atoms with Crippen molar-refractivity contribution in [1.82, 2.24) is 5.32 Å². The summed E-state index contributed by atoms with van der Waals surface area (Å²) in [6, 6.07) is 14.3. The predicted octanol–water partition coefficient (Wildman–Crippen LogP) is 4.02. The van der Waals surface area contributed by atoms with Gasteiger partial charge in [-0.3, -0.25) is 14.5 Å². The number of fused-ring (bicyclic) bond motifs is 1. The lowest BCUT2D eigenvalue weighted by atomic mass is 10.1. The van der Waals surface area contributed by atoms with Gasteiger partial charge in [0, 0.05) is 11.1 Å². The molecule has 0 aliphatic carbocycles. The smallest absolute Gasteiger partial charge is 0.294 e. The number of para-hydroxylation sites is 2. The summed E-state index contributed by atoms with van der Waals surface area (Å²) in [6.07, 6.45) is 2.45. The Labute approximate surface area is 163 Å². The monoisotopic (exact) mass is 384 g/mol. The van der Waals surface area contributed by atoms with Gasteiger partial charge in [0.2, 0.25) is 5.91 Å². The lowest BCUT2D eigenvalue weighted by Crippen LogP contribution is -2.46. The van der Waals surface area contributed by atoms with E-state index in [1.54, 1.807) is 42.5 Å². The summed E-state index contributed by atoms with van der Waals surface area (Å²) in [4.78, 5) is 26.8. The molecule has 0 bridgehead atoms. The number of ether oxygens (including phenoxy) is 1. The molecule has 0 spiro atoms. The van der Waals surface area contributed by atoms with Gasteiger partial charge in [0.1, 0.15) is 6.54 Å². The van der Waals surface area contributed by atoms with Gasteiger partial charge in [-0.05, 0) is 49.2 Å². The summed E-state index contributed by atoms with van der Waals surface area (Å²) >= 11 is 6.02. The van der Waals surface area contributed by atoms with E-state index in [0.717, 1.165) is 12.0 Å². The van der Waals surface area contributed by atoms with E-state index in [0.29, 0.717) is 16.5 Å². The van der Waals surface area contributed by atoms with Crippen molar-refractivity contribution < 1.29 is 14.3 Å². The highest BCUT2D eigenvalue weighted by Gasteiger charge is 2.31. The summed E-state index contributed by atoms with van der Waals surface area (Å²) in [5, 5.41) is 3.46.